The topological polar surface area (TPSA) is 125 Å². The smallest absolute Gasteiger partial charge is 0.264 e. The van der Waals surface area contributed by atoms with Crippen LogP contribution in [0.25, 0.3) is 0 Å². The number of piperidine rings is 1. The van der Waals surface area contributed by atoms with Gasteiger partial charge in [-0.15, -0.1) is 0 Å². The van der Waals surface area contributed by atoms with Gasteiger partial charge in [0.25, 0.3) is 11.8 Å². The molecule has 3 aliphatic heterocycles. The molecular weight excluding hydrogens is 506 g/mol. The molecule has 3 aromatic rings. The number of aryl methyl sites for hydroxylation is 1. The van der Waals surface area contributed by atoms with Gasteiger partial charge in [-0.05, 0) is 59.9 Å². The molecule has 204 valence electrons. The second-order valence-corrected chi connectivity index (χ2v) is 10.8. The molecule has 0 spiro atoms. The van der Waals surface area contributed by atoms with Crippen LogP contribution >= 0.6 is 0 Å². The Morgan fingerprint density at radius 2 is 1.75 bits per heavy atom. The molecule has 6 rings (SSSR count). The second kappa shape index (κ2) is 10.2. The number of imide groups is 2. The summed E-state index contributed by atoms with van der Waals surface area (Å²) in [4.78, 5) is 53.8. The molecule has 0 radical (unpaired) electrons. The molecule has 4 N–H and O–H groups in total. The lowest BCUT2D eigenvalue weighted by Crippen LogP contribution is -2.54. The molecule has 0 saturated carbocycles. The third-order valence-electron chi connectivity index (χ3n) is 8.12. The number of carbonyl (C=O) groups is 4. The van der Waals surface area contributed by atoms with Crippen molar-refractivity contribution in [3.63, 3.8) is 0 Å². The Bertz CT molecular complexity index is 1530. The summed E-state index contributed by atoms with van der Waals surface area (Å²) in [6.07, 6.45) is 0.217. The van der Waals surface area contributed by atoms with Gasteiger partial charge in [0, 0.05) is 49.9 Å². The van der Waals surface area contributed by atoms with Crippen molar-refractivity contribution in [2.75, 3.05) is 24.1 Å². The molecule has 1 unspecified atom stereocenters. The molecule has 9 heteroatoms. The maximum absolute atomic E-state index is 13.3. The number of nitrogens with zero attached hydrogens (tertiary/aromatic N) is 2. The van der Waals surface area contributed by atoms with E-state index in [0.717, 1.165) is 41.3 Å². The molecule has 2 saturated heterocycles. The predicted molar refractivity (Wildman–Crippen MR) is 150 cm³/mol. The largest absolute Gasteiger partial charge is 0.399 e. The first-order valence-electron chi connectivity index (χ1n) is 13.5. The monoisotopic (exact) mass is 537 g/mol. The Morgan fingerprint density at radius 3 is 2.48 bits per heavy atom. The third-order valence-corrected chi connectivity index (χ3v) is 8.12. The fourth-order valence-electron chi connectivity index (χ4n) is 5.84. The van der Waals surface area contributed by atoms with Crippen LogP contribution in [0.1, 0.15) is 61.7 Å². The second-order valence-electron chi connectivity index (χ2n) is 10.8. The molecule has 0 bridgehead atoms. The van der Waals surface area contributed by atoms with Crippen LogP contribution in [-0.2, 0) is 22.7 Å². The standard InChI is InChI=1S/C31H31N5O4/c1-18-13-19(15-35-16-22(17-35)20-7-9-23(32)10-8-20)5-6-21(18)14-33-25-4-2-3-24-28(25)31(40)36(30(24)39)26-11-12-27(37)34-29(26)38/h2-10,13,22,26,33H,11-12,14-17,32H2,1H3,(H,34,37,38). The quantitative estimate of drug-likeness (QED) is 0.312. The van der Waals surface area contributed by atoms with E-state index in [4.69, 9.17) is 5.73 Å². The molecular formula is C31H31N5O4. The summed E-state index contributed by atoms with van der Waals surface area (Å²) in [6.45, 7) is 5.48. The van der Waals surface area contributed by atoms with E-state index in [2.05, 4.69) is 52.8 Å². The van der Waals surface area contributed by atoms with Crippen molar-refractivity contribution >= 4 is 35.0 Å². The normalized spacial score (nSPS) is 19.4. The number of fused-ring (bicyclic) bond motifs is 1. The van der Waals surface area contributed by atoms with E-state index in [-0.39, 0.29) is 24.0 Å². The van der Waals surface area contributed by atoms with Crippen molar-refractivity contribution in [2.24, 2.45) is 0 Å². The zero-order valence-electron chi connectivity index (χ0n) is 22.3. The lowest BCUT2D eigenvalue weighted by Gasteiger charge is -2.39. The number of rotatable bonds is 7. The van der Waals surface area contributed by atoms with Gasteiger partial charge in [-0.1, -0.05) is 36.4 Å². The Kier molecular flexibility index (Phi) is 6.59. The summed E-state index contributed by atoms with van der Waals surface area (Å²) in [7, 11) is 0. The van der Waals surface area contributed by atoms with Crippen LogP contribution in [-0.4, -0.2) is 52.6 Å². The van der Waals surface area contributed by atoms with E-state index in [1.165, 1.54) is 11.1 Å². The Labute approximate surface area is 232 Å². The van der Waals surface area contributed by atoms with Crippen LogP contribution in [0.3, 0.4) is 0 Å². The van der Waals surface area contributed by atoms with Crippen molar-refractivity contribution in [1.82, 2.24) is 15.1 Å². The highest BCUT2D eigenvalue weighted by molar-refractivity contribution is 6.25. The number of hydrogen-bond donors (Lipinski definition) is 3. The lowest BCUT2D eigenvalue weighted by molar-refractivity contribution is -0.136. The van der Waals surface area contributed by atoms with Gasteiger partial charge < -0.3 is 11.1 Å². The maximum Gasteiger partial charge on any atom is 0.264 e. The number of hydrogen-bond acceptors (Lipinski definition) is 7. The van der Waals surface area contributed by atoms with E-state index in [1.807, 2.05) is 12.1 Å². The highest BCUT2D eigenvalue weighted by atomic mass is 16.2. The zero-order valence-corrected chi connectivity index (χ0v) is 22.3. The SMILES string of the molecule is Cc1cc(CN2CC(c3ccc(N)cc3)C2)ccc1CNc1cccc2c1C(=O)N(C1CCC(=O)NC1=O)C2=O. The van der Waals surface area contributed by atoms with E-state index in [0.29, 0.717) is 18.2 Å². The molecule has 3 heterocycles. The maximum atomic E-state index is 13.3. The number of benzene rings is 3. The van der Waals surface area contributed by atoms with Gasteiger partial charge in [0.05, 0.1) is 11.1 Å². The highest BCUT2D eigenvalue weighted by Crippen LogP contribution is 2.33. The van der Waals surface area contributed by atoms with Crippen LogP contribution in [0.4, 0.5) is 11.4 Å². The van der Waals surface area contributed by atoms with Gasteiger partial charge in [0.1, 0.15) is 6.04 Å². The number of carbonyl (C=O) groups excluding carboxylic acids is 4. The predicted octanol–water partition coefficient (Wildman–Crippen LogP) is 3.19. The van der Waals surface area contributed by atoms with E-state index >= 15 is 0 Å². The molecule has 3 aromatic carbocycles. The van der Waals surface area contributed by atoms with Gasteiger partial charge in [0.15, 0.2) is 0 Å². The van der Waals surface area contributed by atoms with Crippen LogP contribution in [0.5, 0.6) is 0 Å². The first kappa shape index (κ1) is 25.8. The van der Waals surface area contributed by atoms with Gasteiger partial charge in [0.2, 0.25) is 11.8 Å². The fourth-order valence-corrected chi connectivity index (χ4v) is 5.84. The summed E-state index contributed by atoms with van der Waals surface area (Å²) < 4.78 is 0. The Morgan fingerprint density at radius 1 is 0.975 bits per heavy atom. The Hall–Kier alpha value is -4.50. The number of likely N-dealkylation sites (tertiary alicyclic amines) is 1. The Balaban J connectivity index is 1.09. The molecule has 9 nitrogen and oxygen atoms in total. The van der Waals surface area contributed by atoms with E-state index in [1.54, 1.807) is 18.2 Å². The van der Waals surface area contributed by atoms with Gasteiger partial charge in [-0.2, -0.15) is 0 Å². The molecule has 4 amide bonds. The van der Waals surface area contributed by atoms with Gasteiger partial charge >= 0.3 is 0 Å². The summed E-state index contributed by atoms with van der Waals surface area (Å²) in [6, 6.07) is 18.7. The number of nitrogen functional groups attached to an aromatic ring is 1. The number of nitrogens with one attached hydrogen (secondary N) is 2. The summed E-state index contributed by atoms with van der Waals surface area (Å²) >= 11 is 0. The van der Waals surface area contributed by atoms with Crippen molar-refractivity contribution < 1.29 is 19.2 Å². The minimum Gasteiger partial charge on any atom is -0.399 e. The molecule has 2 fully saturated rings. The van der Waals surface area contributed by atoms with Gasteiger partial charge in [-0.3, -0.25) is 34.3 Å². The number of nitrogens with two attached hydrogens (primary N) is 1. The molecule has 1 atom stereocenters. The van der Waals surface area contributed by atoms with E-state index in [9.17, 15) is 19.2 Å². The van der Waals surface area contributed by atoms with Crippen LogP contribution in [0.2, 0.25) is 0 Å². The minimum atomic E-state index is -0.985. The third kappa shape index (κ3) is 4.73. The van der Waals surface area contributed by atoms with Crippen LogP contribution < -0.4 is 16.4 Å². The van der Waals surface area contributed by atoms with E-state index < -0.39 is 29.7 Å². The summed E-state index contributed by atoms with van der Waals surface area (Å²) in [5.41, 5.74) is 12.5. The average Bonchev–Trinajstić information content (AvgIpc) is 3.16. The van der Waals surface area contributed by atoms with Crippen LogP contribution in [0, 0.1) is 6.92 Å². The minimum absolute atomic E-state index is 0.0884. The van der Waals surface area contributed by atoms with Crippen molar-refractivity contribution in [3.05, 3.63) is 94.0 Å². The summed E-state index contributed by atoms with van der Waals surface area (Å²) in [5, 5.41) is 5.56. The first-order valence-corrected chi connectivity index (χ1v) is 13.5. The van der Waals surface area contributed by atoms with Crippen molar-refractivity contribution in [1.29, 1.82) is 0 Å². The summed E-state index contributed by atoms with van der Waals surface area (Å²) in [5.74, 6) is -1.50. The van der Waals surface area contributed by atoms with Gasteiger partial charge in [-0.25, -0.2) is 0 Å². The number of anilines is 2. The highest BCUT2D eigenvalue weighted by Gasteiger charge is 2.45. The molecule has 3 aliphatic rings. The van der Waals surface area contributed by atoms with Crippen molar-refractivity contribution in [3.8, 4) is 0 Å². The fraction of sp³-hybridized carbons (Fsp3) is 0.290. The zero-order chi connectivity index (χ0) is 28.0. The molecule has 40 heavy (non-hydrogen) atoms. The van der Waals surface area contributed by atoms with Crippen molar-refractivity contribution in [2.45, 2.75) is 44.8 Å². The molecule has 0 aromatic heterocycles. The lowest BCUT2D eigenvalue weighted by atomic mass is 9.90. The number of amides is 4. The van der Waals surface area contributed by atoms with Crippen LogP contribution in [0.15, 0.2) is 60.7 Å². The first-order chi connectivity index (χ1) is 19.3. The average molecular weight is 538 g/mol. The molecule has 0 aliphatic carbocycles.